The number of ether oxygens (including phenoxy) is 1. The number of benzene rings is 1. The van der Waals surface area contributed by atoms with Crippen LogP contribution < -0.4 is 10.1 Å². The molecule has 1 aromatic carbocycles. The zero-order valence-electron chi connectivity index (χ0n) is 11.1. The molecule has 1 rings (SSSR count). The van der Waals surface area contributed by atoms with Gasteiger partial charge in [-0.1, -0.05) is 0 Å². The quantitative estimate of drug-likeness (QED) is 0.502. The monoisotopic (exact) mass is 284 g/mol. The second-order valence-corrected chi connectivity index (χ2v) is 4.30. The van der Waals surface area contributed by atoms with E-state index in [4.69, 9.17) is 9.84 Å². The number of carboxylic acid groups (broad SMARTS) is 1. The third-order valence-corrected chi connectivity index (χ3v) is 2.67. The third-order valence-electron chi connectivity index (χ3n) is 2.67. The molecule has 20 heavy (non-hydrogen) atoms. The Morgan fingerprint density at radius 1 is 1.55 bits per heavy atom. The van der Waals surface area contributed by atoms with Crippen molar-refractivity contribution in [1.29, 1.82) is 0 Å². The van der Waals surface area contributed by atoms with Crippen molar-refractivity contribution in [1.82, 2.24) is 5.32 Å². The van der Waals surface area contributed by atoms with Crippen LogP contribution in [0.25, 0.3) is 0 Å². The molecule has 0 bridgehead atoms. The summed E-state index contributed by atoms with van der Waals surface area (Å²) in [7, 11) is 1.30. The van der Waals surface area contributed by atoms with E-state index in [9.17, 15) is 20.0 Å². The molecule has 0 spiro atoms. The number of nitrogens with one attached hydrogen (secondary N) is 1. The van der Waals surface area contributed by atoms with Gasteiger partial charge in [-0.15, -0.1) is 0 Å². The average molecular weight is 284 g/mol. The van der Waals surface area contributed by atoms with E-state index >= 15 is 0 Å². The topological polar surface area (TPSA) is 122 Å². The Morgan fingerprint density at radius 2 is 2.20 bits per heavy atom. The summed E-state index contributed by atoms with van der Waals surface area (Å²) in [5, 5.41) is 31.8. The van der Waals surface area contributed by atoms with Crippen LogP contribution in [0.5, 0.6) is 11.5 Å². The van der Waals surface area contributed by atoms with Gasteiger partial charge in [0.05, 0.1) is 18.6 Å². The van der Waals surface area contributed by atoms with Gasteiger partial charge >= 0.3 is 11.7 Å². The second kappa shape index (κ2) is 6.71. The number of hydrogen-bond acceptors (Lipinski definition) is 6. The van der Waals surface area contributed by atoms with E-state index in [0.29, 0.717) is 12.0 Å². The van der Waals surface area contributed by atoms with E-state index in [1.165, 1.54) is 19.2 Å². The molecular formula is C12H16N2O6. The first-order valence-corrected chi connectivity index (χ1v) is 5.84. The molecule has 8 nitrogen and oxygen atoms in total. The molecule has 0 aromatic heterocycles. The normalized spacial score (nSPS) is 11.9. The van der Waals surface area contributed by atoms with Crippen molar-refractivity contribution in [3.63, 3.8) is 0 Å². The molecule has 0 saturated carbocycles. The van der Waals surface area contributed by atoms with Gasteiger partial charge in [0.25, 0.3) is 0 Å². The van der Waals surface area contributed by atoms with Crippen LogP contribution in [0.3, 0.4) is 0 Å². The summed E-state index contributed by atoms with van der Waals surface area (Å²) in [6.07, 6.45) is 0.366. The van der Waals surface area contributed by atoms with E-state index in [2.05, 4.69) is 5.32 Å². The van der Waals surface area contributed by atoms with Gasteiger partial charge < -0.3 is 20.3 Å². The fraction of sp³-hybridized carbons (Fsp3) is 0.417. The van der Waals surface area contributed by atoms with E-state index < -0.39 is 22.3 Å². The molecule has 0 radical (unpaired) electrons. The zero-order valence-corrected chi connectivity index (χ0v) is 11.1. The lowest BCUT2D eigenvalue weighted by Gasteiger charge is -2.13. The van der Waals surface area contributed by atoms with Crippen LogP contribution in [0, 0.1) is 10.1 Å². The van der Waals surface area contributed by atoms with E-state index in [1.807, 2.05) is 0 Å². The number of nitro groups is 1. The fourth-order valence-corrected chi connectivity index (χ4v) is 1.75. The molecule has 0 aliphatic heterocycles. The summed E-state index contributed by atoms with van der Waals surface area (Å²) in [4.78, 5) is 20.6. The van der Waals surface area contributed by atoms with Crippen LogP contribution in [0.1, 0.15) is 12.5 Å². The van der Waals surface area contributed by atoms with Gasteiger partial charge in [-0.05, 0) is 25.0 Å². The minimum absolute atomic E-state index is 0.0136. The summed E-state index contributed by atoms with van der Waals surface area (Å²) in [6, 6.07) is 2.54. The SMILES string of the molecule is COc1cc(CC(C)NCC(=O)O)cc([N+](=O)[O-])c1O. The number of rotatable bonds is 7. The molecule has 0 amide bonds. The molecule has 3 N–H and O–H groups in total. The highest BCUT2D eigenvalue weighted by molar-refractivity contribution is 5.69. The number of phenolic OH excluding ortho intramolecular Hbond substituents is 1. The third kappa shape index (κ3) is 4.09. The van der Waals surface area contributed by atoms with Crippen molar-refractivity contribution in [2.75, 3.05) is 13.7 Å². The molecule has 0 heterocycles. The van der Waals surface area contributed by atoms with Gasteiger partial charge in [0.2, 0.25) is 5.75 Å². The van der Waals surface area contributed by atoms with Crippen molar-refractivity contribution in [3.8, 4) is 11.5 Å². The Morgan fingerprint density at radius 3 is 2.70 bits per heavy atom. The Hall–Kier alpha value is -2.35. The second-order valence-electron chi connectivity index (χ2n) is 4.30. The maximum absolute atomic E-state index is 10.8. The predicted molar refractivity (Wildman–Crippen MR) is 70.1 cm³/mol. The molecule has 0 aliphatic carbocycles. The number of aliphatic carboxylic acids is 1. The molecule has 0 fully saturated rings. The van der Waals surface area contributed by atoms with E-state index in [1.54, 1.807) is 6.92 Å². The van der Waals surface area contributed by atoms with Crippen molar-refractivity contribution >= 4 is 11.7 Å². The van der Waals surface area contributed by atoms with Gasteiger partial charge in [0.15, 0.2) is 5.75 Å². The van der Waals surface area contributed by atoms with Crippen LogP contribution >= 0.6 is 0 Å². The number of nitrogens with zero attached hydrogens (tertiary/aromatic N) is 1. The number of carbonyl (C=O) groups is 1. The molecule has 8 heteroatoms. The number of nitro benzene ring substituents is 1. The van der Waals surface area contributed by atoms with Crippen LogP contribution in [0.2, 0.25) is 0 Å². The highest BCUT2D eigenvalue weighted by atomic mass is 16.6. The van der Waals surface area contributed by atoms with E-state index in [0.717, 1.165) is 0 Å². The summed E-state index contributed by atoms with van der Waals surface area (Å²) in [5.41, 5.74) is 0.126. The standard InChI is InChI=1S/C12H16N2O6/c1-7(13-6-11(15)16)3-8-4-9(14(18)19)12(17)10(5-8)20-2/h4-5,7,13,17H,3,6H2,1-2H3,(H,15,16). The van der Waals surface area contributed by atoms with Gasteiger partial charge in [-0.2, -0.15) is 0 Å². The molecule has 1 unspecified atom stereocenters. The number of aromatic hydroxyl groups is 1. The number of carboxylic acids is 1. The van der Waals surface area contributed by atoms with Crippen LogP contribution in [-0.2, 0) is 11.2 Å². The van der Waals surface area contributed by atoms with Gasteiger partial charge in [-0.25, -0.2) is 0 Å². The Kier molecular flexibility index (Phi) is 5.27. The van der Waals surface area contributed by atoms with Crippen molar-refractivity contribution < 1.29 is 24.7 Å². The molecule has 1 aromatic rings. The lowest BCUT2D eigenvalue weighted by Crippen LogP contribution is -2.32. The summed E-state index contributed by atoms with van der Waals surface area (Å²) in [6.45, 7) is 1.56. The maximum atomic E-state index is 10.8. The maximum Gasteiger partial charge on any atom is 0.317 e. The van der Waals surface area contributed by atoms with Crippen molar-refractivity contribution in [2.24, 2.45) is 0 Å². The highest BCUT2D eigenvalue weighted by Gasteiger charge is 2.20. The first kappa shape index (κ1) is 15.7. The van der Waals surface area contributed by atoms with Gasteiger partial charge in [0, 0.05) is 12.1 Å². The van der Waals surface area contributed by atoms with Crippen molar-refractivity contribution in [2.45, 2.75) is 19.4 Å². The summed E-state index contributed by atoms with van der Waals surface area (Å²) in [5.74, 6) is -1.49. The molecule has 0 saturated heterocycles. The molecule has 110 valence electrons. The largest absolute Gasteiger partial charge is 0.500 e. The van der Waals surface area contributed by atoms with Gasteiger partial charge in [0.1, 0.15) is 0 Å². The molecule has 0 aliphatic rings. The lowest BCUT2D eigenvalue weighted by atomic mass is 10.1. The number of hydrogen-bond donors (Lipinski definition) is 3. The van der Waals surface area contributed by atoms with E-state index in [-0.39, 0.29) is 18.3 Å². The summed E-state index contributed by atoms with van der Waals surface area (Å²) < 4.78 is 4.89. The smallest absolute Gasteiger partial charge is 0.317 e. The zero-order chi connectivity index (χ0) is 15.3. The minimum atomic E-state index is -0.980. The molecular weight excluding hydrogens is 268 g/mol. The number of methoxy groups -OCH3 is 1. The Balaban J connectivity index is 2.92. The van der Waals surface area contributed by atoms with Crippen LogP contribution in [0.4, 0.5) is 5.69 Å². The fourth-order valence-electron chi connectivity index (χ4n) is 1.75. The predicted octanol–water partition coefficient (Wildman–Crippen LogP) is 0.914. The van der Waals surface area contributed by atoms with Crippen molar-refractivity contribution in [3.05, 3.63) is 27.8 Å². The summed E-state index contributed by atoms with van der Waals surface area (Å²) >= 11 is 0. The first-order chi connectivity index (χ1) is 9.35. The lowest BCUT2D eigenvalue weighted by molar-refractivity contribution is -0.386. The average Bonchev–Trinajstić information content (AvgIpc) is 2.37. The minimum Gasteiger partial charge on any atom is -0.500 e. The number of phenols is 1. The highest BCUT2D eigenvalue weighted by Crippen LogP contribution is 2.37. The van der Waals surface area contributed by atoms with Gasteiger partial charge in [-0.3, -0.25) is 14.9 Å². The Bertz CT molecular complexity index is 517. The van der Waals surface area contributed by atoms with Crippen LogP contribution in [0.15, 0.2) is 12.1 Å². The molecule has 1 atom stereocenters. The first-order valence-electron chi connectivity index (χ1n) is 5.84. The Labute approximate surface area is 115 Å². The van der Waals surface area contributed by atoms with Crippen LogP contribution in [-0.4, -0.2) is 40.8 Å².